The summed E-state index contributed by atoms with van der Waals surface area (Å²) in [6.07, 6.45) is 0. The van der Waals surface area contributed by atoms with Crippen molar-refractivity contribution in [3.05, 3.63) is 56.7 Å². The second kappa shape index (κ2) is 9.18. The third-order valence-corrected chi connectivity index (χ3v) is 5.43. The van der Waals surface area contributed by atoms with Crippen LogP contribution in [0.2, 0.25) is 5.02 Å². The lowest BCUT2D eigenvalue weighted by Crippen LogP contribution is -2.50. The van der Waals surface area contributed by atoms with E-state index in [-0.39, 0.29) is 22.4 Å². The van der Waals surface area contributed by atoms with Crippen LogP contribution in [0.4, 0.5) is 0 Å². The SMILES string of the molecule is Cc1nc(C(C)(C)C)[nH]c(=O)c1C(=O)N1CCN(CCOc2ccc(Cl)cc2)CC1. The summed E-state index contributed by atoms with van der Waals surface area (Å²) in [6, 6.07) is 7.29. The number of aryl methyl sites for hydroxylation is 1. The number of hydrogen-bond donors (Lipinski definition) is 1. The molecule has 162 valence electrons. The first-order valence-electron chi connectivity index (χ1n) is 10.2. The summed E-state index contributed by atoms with van der Waals surface area (Å²) in [5, 5.41) is 0.681. The molecule has 0 aliphatic carbocycles. The Kier molecular flexibility index (Phi) is 6.83. The Morgan fingerprint density at radius 1 is 1.17 bits per heavy atom. The van der Waals surface area contributed by atoms with Gasteiger partial charge in [0.15, 0.2) is 0 Å². The fourth-order valence-electron chi connectivity index (χ4n) is 3.35. The molecule has 1 aromatic carbocycles. The van der Waals surface area contributed by atoms with Gasteiger partial charge in [0.05, 0.1) is 5.69 Å². The van der Waals surface area contributed by atoms with E-state index in [9.17, 15) is 9.59 Å². The van der Waals surface area contributed by atoms with Crippen LogP contribution in [0.25, 0.3) is 0 Å². The number of hydrogen-bond acceptors (Lipinski definition) is 5. The highest BCUT2D eigenvalue weighted by Gasteiger charge is 2.27. The molecule has 2 aromatic rings. The molecule has 1 aliphatic rings. The maximum absolute atomic E-state index is 12.9. The molecule has 30 heavy (non-hydrogen) atoms. The van der Waals surface area contributed by atoms with Gasteiger partial charge in [0.1, 0.15) is 23.7 Å². The van der Waals surface area contributed by atoms with Crippen molar-refractivity contribution in [3.63, 3.8) is 0 Å². The molecular formula is C22H29ClN4O3. The van der Waals surface area contributed by atoms with E-state index in [1.165, 1.54) is 0 Å². The third-order valence-electron chi connectivity index (χ3n) is 5.17. The lowest BCUT2D eigenvalue weighted by Gasteiger charge is -2.34. The monoisotopic (exact) mass is 432 g/mol. The average molecular weight is 433 g/mol. The molecule has 1 fully saturated rings. The Bertz CT molecular complexity index is 942. The molecule has 0 atom stereocenters. The van der Waals surface area contributed by atoms with Gasteiger partial charge in [0.25, 0.3) is 11.5 Å². The predicted octanol–water partition coefficient (Wildman–Crippen LogP) is 2.87. The minimum atomic E-state index is -0.365. The molecule has 1 amide bonds. The van der Waals surface area contributed by atoms with Crippen molar-refractivity contribution in [2.45, 2.75) is 33.1 Å². The Morgan fingerprint density at radius 2 is 1.80 bits per heavy atom. The zero-order chi connectivity index (χ0) is 21.9. The van der Waals surface area contributed by atoms with Crippen LogP contribution in [0.15, 0.2) is 29.1 Å². The number of carbonyl (C=O) groups excluding carboxylic acids is 1. The number of H-pyrrole nitrogens is 1. The number of ether oxygens (including phenoxy) is 1. The van der Waals surface area contributed by atoms with E-state index >= 15 is 0 Å². The van der Waals surface area contributed by atoms with Crippen LogP contribution in [0.3, 0.4) is 0 Å². The van der Waals surface area contributed by atoms with Gasteiger partial charge in [0.2, 0.25) is 0 Å². The Hall–Kier alpha value is -2.38. The first kappa shape index (κ1) is 22.3. The van der Waals surface area contributed by atoms with Crippen molar-refractivity contribution in [3.8, 4) is 5.75 Å². The largest absolute Gasteiger partial charge is 0.492 e. The molecule has 0 bridgehead atoms. The number of piperazine rings is 1. The van der Waals surface area contributed by atoms with Crippen LogP contribution in [0.1, 0.15) is 42.6 Å². The van der Waals surface area contributed by atoms with Crippen molar-refractivity contribution in [2.24, 2.45) is 0 Å². The van der Waals surface area contributed by atoms with E-state index in [2.05, 4.69) is 14.9 Å². The number of amides is 1. The van der Waals surface area contributed by atoms with E-state index < -0.39 is 0 Å². The Balaban J connectivity index is 1.54. The number of aromatic nitrogens is 2. The zero-order valence-electron chi connectivity index (χ0n) is 18.0. The number of nitrogens with zero attached hydrogens (tertiary/aromatic N) is 3. The molecule has 1 aliphatic heterocycles. The van der Waals surface area contributed by atoms with Crippen molar-refractivity contribution in [1.29, 1.82) is 0 Å². The molecule has 0 spiro atoms. The van der Waals surface area contributed by atoms with E-state index in [1.807, 2.05) is 32.9 Å². The van der Waals surface area contributed by atoms with Crippen molar-refractivity contribution in [1.82, 2.24) is 19.8 Å². The minimum Gasteiger partial charge on any atom is -0.492 e. The van der Waals surface area contributed by atoms with Gasteiger partial charge in [-0.25, -0.2) is 4.98 Å². The molecule has 3 rings (SSSR count). The highest BCUT2D eigenvalue weighted by molar-refractivity contribution is 6.30. The molecule has 0 saturated carbocycles. The van der Waals surface area contributed by atoms with Gasteiger partial charge in [-0.05, 0) is 31.2 Å². The molecule has 2 heterocycles. The number of nitrogens with one attached hydrogen (secondary N) is 1. The highest BCUT2D eigenvalue weighted by Crippen LogP contribution is 2.18. The van der Waals surface area contributed by atoms with Crippen molar-refractivity contribution >= 4 is 17.5 Å². The molecule has 1 saturated heterocycles. The number of benzene rings is 1. The topological polar surface area (TPSA) is 78.5 Å². The first-order valence-corrected chi connectivity index (χ1v) is 10.5. The zero-order valence-corrected chi connectivity index (χ0v) is 18.8. The summed E-state index contributed by atoms with van der Waals surface area (Å²) >= 11 is 5.88. The second-order valence-electron chi connectivity index (χ2n) is 8.56. The van der Waals surface area contributed by atoms with Gasteiger partial charge < -0.3 is 14.6 Å². The smallest absolute Gasteiger partial charge is 0.264 e. The number of aromatic amines is 1. The summed E-state index contributed by atoms with van der Waals surface area (Å²) in [5.74, 6) is 1.12. The van der Waals surface area contributed by atoms with E-state index in [4.69, 9.17) is 16.3 Å². The van der Waals surface area contributed by atoms with Crippen LogP contribution >= 0.6 is 11.6 Å². The lowest BCUT2D eigenvalue weighted by atomic mass is 9.95. The average Bonchev–Trinajstić information content (AvgIpc) is 2.68. The van der Waals surface area contributed by atoms with Gasteiger partial charge in [-0.2, -0.15) is 0 Å². The van der Waals surface area contributed by atoms with Crippen LogP contribution in [0, 0.1) is 6.92 Å². The molecule has 0 unspecified atom stereocenters. The fourth-order valence-corrected chi connectivity index (χ4v) is 3.48. The number of carbonyl (C=O) groups is 1. The minimum absolute atomic E-state index is 0.141. The van der Waals surface area contributed by atoms with E-state index in [0.717, 1.165) is 25.4 Å². The van der Waals surface area contributed by atoms with Crippen LogP contribution < -0.4 is 10.3 Å². The maximum Gasteiger partial charge on any atom is 0.264 e. The third kappa shape index (κ3) is 5.40. The summed E-state index contributed by atoms with van der Waals surface area (Å²) in [5.41, 5.74) is -0.0308. The lowest BCUT2D eigenvalue weighted by molar-refractivity contribution is 0.0617. The molecule has 0 radical (unpaired) electrons. The number of rotatable bonds is 5. The second-order valence-corrected chi connectivity index (χ2v) is 9.00. The molecule has 1 aromatic heterocycles. The standard InChI is InChI=1S/C22H29ClN4O3/c1-15-18(19(28)25-21(24-15)22(2,3)4)20(29)27-11-9-26(10-12-27)13-14-30-17-7-5-16(23)6-8-17/h5-8H,9-14H2,1-4H3,(H,24,25,28). The summed E-state index contributed by atoms with van der Waals surface area (Å²) in [4.78, 5) is 36.8. The number of halogens is 1. The normalized spacial score (nSPS) is 15.3. The van der Waals surface area contributed by atoms with Gasteiger partial charge >= 0.3 is 0 Å². The van der Waals surface area contributed by atoms with Crippen LogP contribution in [-0.4, -0.2) is 65.0 Å². The van der Waals surface area contributed by atoms with Gasteiger partial charge in [-0.3, -0.25) is 14.5 Å². The molecule has 7 nitrogen and oxygen atoms in total. The van der Waals surface area contributed by atoms with Crippen molar-refractivity contribution in [2.75, 3.05) is 39.3 Å². The van der Waals surface area contributed by atoms with E-state index in [1.54, 1.807) is 24.0 Å². The molecular weight excluding hydrogens is 404 g/mol. The summed E-state index contributed by atoms with van der Waals surface area (Å²) in [7, 11) is 0. The van der Waals surface area contributed by atoms with Crippen LogP contribution in [-0.2, 0) is 5.41 Å². The fraction of sp³-hybridized carbons (Fsp3) is 0.500. The van der Waals surface area contributed by atoms with Crippen molar-refractivity contribution < 1.29 is 9.53 Å². The Labute approximate surface area is 182 Å². The maximum atomic E-state index is 12.9. The van der Waals surface area contributed by atoms with E-state index in [0.29, 0.717) is 36.2 Å². The van der Waals surface area contributed by atoms with Gasteiger partial charge in [-0.15, -0.1) is 0 Å². The molecule has 1 N–H and O–H groups in total. The predicted molar refractivity (Wildman–Crippen MR) is 118 cm³/mol. The Morgan fingerprint density at radius 3 is 2.37 bits per heavy atom. The summed E-state index contributed by atoms with van der Waals surface area (Å²) < 4.78 is 5.74. The van der Waals surface area contributed by atoms with Gasteiger partial charge in [-0.1, -0.05) is 32.4 Å². The van der Waals surface area contributed by atoms with Crippen LogP contribution in [0.5, 0.6) is 5.75 Å². The first-order chi connectivity index (χ1) is 14.1. The summed E-state index contributed by atoms with van der Waals surface area (Å²) in [6.45, 7) is 11.6. The molecule has 8 heteroatoms. The quantitative estimate of drug-likeness (QED) is 0.785. The van der Waals surface area contributed by atoms with Gasteiger partial charge in [0, 0.05) is 43.2 Å². The highest BCUT2D eigenvalue weighted by atomic mass is 35.5.